The first kappa shape index (κ1) is 18.7. The summed E-state index contributed by atoms with van der Waals surface area (Å²) in [5, 5.41) is 18.0. The van der Waals surface area contributed by atoms with Gasteiger partial charge in [-0.15, -0.1) is 0 Å². The van der Waals surface area contributed by atoms with Crippen molar-refractivity contribution < 1.29 is 9.53 Å². The van der Waals surface area contributed by atoms with Crippen molar-refractivity contribution in [3.05, 3.63) is 49.1 Å². The Morgan fingerprint density at radius 3 is 2.76 bits per heavy atom. The van der Waals surface area contributed by atoms with Crippen LogP contribution in [0.25, 0.3) is 16.6 Å². The number of rotatable bonds is 5. The van der Waals surface area contributed by atoms with Crippen molar-refractivity contribution >= 4 is 11.4 Å². The molecule has 0 unspecified atom stereocenters. The average molecular weight is 390 g/mol. The highest BCUT2D eigenvalue weighted by atomic mass is 16.5. The lowest BCUT2D eigenvalue weighted by Gasteiger charge is -2.31. The molecule has 1 aliphatic rings. The molecule has 4 rings (SSSR count). The quantitative estimate of drug-likeness (QED) is 0.624. The number of ether oxygens (including phenoxy) is 1. The summed E-state index contributed by atoms with van der Waals surface area (Å²) in [6.07, 6.45) is 10.2. The number of likely N-dealkylation sites (tertiary alicyclic amines) is 1. The van der Waals surface area contributed by atoms with Gasteiger partial charge in [0, 0.05) is 43.7 Å². The smallest absolute Gasteiger partial charge is 0.245 e. The molecule has 0 bridgehead atoms. The molecule has 3 aromatic heterocycles. The molecule has 8 nitrogen and oxygen atoms in total. The molecule has 0 aromatic carbocycles. The molecule has 0 aliphatic carbocycles. The van der Waals surface area contributed by atoms with Gasteiger partial charge in [-0.05, 0) is 30.9 Å². The number of hydrogen-bond donors (Lipinski definition) is 0. The van der Waals surface area contributed by atoms with Crippen LogP contribution in [0.1, 0.15) is 18.4 Å². The van der Waals surface area contributed by atoms with Crippen LogP contribution in [0.3, 0.4) is 0 Å². The number of nitriles is 1. The van der Waals surface area contributed by atoms with Gasteiger partial charge in [-0.3, -0.25) is 9.48 Å². The Labute approximate surface area is 168 Å². The van der Waals surface area contributed by atoms with E-state index in [9.17, 15) is 10.1 Å². The third-order valence-corrected chi connectivity index (χ3v) is 5.31. The Balaban J connectivity index is 1.56. The number of piperidine rings is 1. The zero-order valence-corrected chi connectivity index (χ0v) is 16.3. The van der Waals surface area contributed by atoms with Crippen molar-refractivity contribution in [2.75, 3.05) is 19.7 Å². The van der Waals surface area contributed by atoms with Crippen LogP contribution in [-0.2, 0) is 11.8 Å². The summed E-state index contributed by atoms with van der Waals surface area (Å²) in [5.41, 5.74) is 3.01. The lowest BCUT2D eigenvalue weighted by molar-refractivity contribution is -0.127. The van der Waals surface area contributed by atoms with Gasteiger partial charge in [0.2, 0.25) is 5.91 Å². The molecular formula is C21H22N6O2. The first-order valence-corrected chi connectivity index (χ1v) is 9.53. The van der Waals surface area contributed by atoms with Crippen molar-refractivity contribution in [2.24, 2.45) is 13.0 Å². The number of aryl methyl sites for hydroxylation is 1. The number of fused-ring (bicyclic) bond motifs is 1. The number of carbonyl (C=O) groups is 1. The van der Waals surface area contributed by atoms with Gasteiger partial charge >= 0.3 is 0 Å². The van der Waals surface area contributed by atoms with Crippen LogP contribution >= 0.6 is 0 Å². The van der Waals surface area contributed by atoms with E-state index in [4.69, 9.17) is 4.74 Å². The van der Waals surface area contributed by atoms with Gasteiger partial charge in [-0.25, -0.2) is 4.52 Å². The maximum absolute atomic E-state index is 11.7. The number of amides is 1. The minimum atomic E-state index is -0.0202. The molecule has 1 fully saturated rings. The van der Waals surface area contributed by atoms with Crippen LogP contribution in [0, 0.1) is 17.2 Å². The van der Waals surface area contributed by atoms with Crippen LogP contribution in [0.2, 0.25) is 0 Å². The highest BCUT2D eigenvalue weighted by Crippen LogP contribution is 2.31. The van der Waals surface area contributed by atoms with E-state index in [1.54, 1.807) is 21.6 Å². The zero-order valence-electron chi connectivity index (χ0n) is 16.3. The van der Waals surface area contributed by atoms with Gasteiger partial charge in [-0.2, -0.15) is 15.5 Å². The minimum absolute atomic E-state index is 0.0202. The van der Waals surface area contributed by atoms with Gasteiger partial charge in [0.05, 0.1) is 19.0 Å². The summed E-state index contributed by atoms with van der Waals surface area (Å²) in [5.74, 6) is 0.956. The number of carbonyl (C=O) groups excluding carboxylic acids is 1. The Kier molecular flexibility index (Phi) is 5.04. The van der Waals surface area contributed by atoms with Crippen LogP contribution in [0.5, 0.6) is 5.75 Å². The molecule has 0 N–H and O–H groups in total. The molecule has 4 heterocycles. The van der Waals surface area contributed by atoms with Crippen molar-refractivity contribution in [3.8, 4) is 22.9 Å². The van der Waals surface area contributed by atoms with Gasteiger partial charge < -0.3 is 9.64 Å². The van der Waals surface area contributed by atoms with E-state index in [-0.39, 0.29) is 5.91 Å². The van der Waals surface area contributed by atoms with Crippen LogP contribution in [-0.4, -0.2) is 49.9 Å². The monoisotopic (exact) mass is 390 g/mol. The summed E-state index contributed by atoms with van der Waals surface area (Å²) in [6, 6.07) is 4.12. The summed E-state index contributed by atoms with van der Waals surface area (Å²) in [4.78, 5) is 13.6. The Morgan fingerprint density at radius 2 is 2.10 bits per heavy atom. The molecule has 0 saturated carbocycles. The maximum Gasteiger partial charge on any atom is 0.245 e. The largest absolute Gasteiger partial charge is 0.491 e. The normalized spacial score (nSPS) is 14.7. The summed E-state index contributed by atoms with van der Waals surface area (Å²) in [6.45, 7) is 5.49. The predicted octanol–water partition coefficient (Wildman–Crippen LogP) is 2.41. The first-order chi connectivity index (χ1) is 14.1. The lowest BCUT2D eigenvalue weighted by Crippen LogP contribution is -2.38. The SMILES string of the molecule is C=CC(=O)N1CCC(COc2cc(-c3cnn(C)c3)cn3ncc(C#N)c23)CC1. The number of aromatic nitrogens is 4. The number of hydrogen-bond acceptors (Lipinski definition) is 5. The lowest BCUT2D eigenvalue weighted by atomic mass is 9.97. The van der Waals surface area contributed by atoms with Crippen molar-refractivity contribution in [3.63, 3.8) is 0 Å². The number of nitrogens with zero attached hydrogens (tertiary/aromatic N) is 6. The molecule has 0 spiro atoms. The Hall–Kier alpha value is -3.60. The van der Waals surface area contributed by atoms with Crippen LogP contribution in [0.4, 0.5) is 0 Å². The van der Waals surface area contributed by atoms with Crippen molar-refractivity contribution in [1.29, 1.82) is 5.26 Å². The molecular weight excluding hydrogens is 368 g/mol. The third-order valence-electron chi connectivity index (χ3n) is 5.31. The van der Waals surface area contributed by atoms with E-state index in [1.165, 1.54) is 6.08 Å². The number of pyridine rings is 1. The molecule has 1 saturated heterocycles. The first-order valence-electron chi connectivity index (χ1n) is 9.53. The minimum Gasteiger partial charge on any atom is -0.491 e. The second-order valence-corrected chi connectivity index (χ2v) is 7.24. The van der Waals surface area contributed by atoms with E-state index < -0.39 is 0 Å². The molecule has 0 radical (unpaired) electrons. The van der Waals surface area contributed by atoms with Crippen molar-refractivity contribution in [1.82, 2.24) is 24.3 Å². The summed E-state index contributed by atoms with van der Waals surface area (Å²) >= 11 is 0. The Bertz CT molecular complexity index is 1100. The highest BCUT2D eigenvalue weighted by molar-refractivity contribution is 5.87. The maximum atomic E-state index is 11.7. The fourth-order valence-electron chi connectivity index (χ4n) is 3.66. The molecule has 8 heteroatoms. The van der Waals surface area contributed by atoms with Gasteiger partial charge in [0.1, 0.15) is 22.9 Å². The van der Waals surface area contributed by atoms with Gasteiger partial charge in [0.25, 0.3) is 0 Å². The molecule has 1 aliphatic heterocycles. The second-order valence-electron chi connectivity index (χ2n) is 7.24. The third kappa shape index (κ3) is 3.72. The average Bonchev–Trinajstić information content (AvgIpc) is 3.37. The Morgan fingerprint density at radius 1 is 1.31 bits per heavy atom. The van der Waals surface area contributed by atoms with Gasteiger partial charge in [0.15, 0.2) is 0 Å². The van der Waals surface area contributed by atoms with E-state index in [2.05, 4.69) is 22.8 Å². The van der Waals surface area contributed by atoms with E-state index in [0.717, 1.165) is 24.0 Å². The van der Waals surface area contributed by atoms with Crippen molar-refractivity contribution in [2.45, 2.75) is 12.8 Å². The molecule has 29 heavy (non-hydrogen) atoms. The molecule has 148 valence electrons. The van der Waals surface area contributed by atoms with E-state index in [1.807, 2.05) is 30.4 Å². The molecule has 3 aromatic rings. The zero-order chi connectivity index (χ0) is 20.4. The predicted molar refractivity (Wildman–Crippen MR) is 107 cm³/mol. The van der Waals surface area contributed by atoms with Crippen LogP contribution in [0.15, 0.2) is 43.5 Å². The van der Waals surface area contributed by atoms with E-state index in [0.29, 0.717) is 42.4 Å². The topological polar surface area (TPSA) is 88.5 Å². The summed E-state index contributed by atoms with van der Waals surface area (Å²) < 4.78 is 9.61. The molecule has 1 amide bonds. The van der Waals surface area contributed by atoms with E-state index >= 15 is 0 Å². The standard InChI is InChI=1S/C21H22N6O2/c1-3-20(28)26-6-4-15(5-7-26)14-29-19-8-16(18-11-23-25(2)12-18)13-27-21(19)17(9-22)10-24-27/h3,8,10-13,15H,1,4-7,14H2,2H3. The highest BCUT2D eigenvalue weighted by Gasteiger charge is 2.22. The second kappa shape index (κ2) is 7.80. The fourth-order valence-corrected chi connectivity index (χ4v) is 3.66. The van der Waals surface area contributed by atoms with Crippen LogP contribution < -0.4 is 4.74 Å². The molecule has 0 atom stereocenters. The van der Waals surface area contributed by atoms with Gasteiger partial charge in [-0.1, -0.05) is 6.58 Å². The summed E-state index contributed by atoms with van der Waals surface area (Å²) in [7, 11) is 1.87. The fraction of sp³-hybridized carbons (Fsp3) is 0.333.